The van der Waals surface area contributed by atoms with Crippen molar-refractivity contribution in [2.24, 2.45) is 0 Å². The number of rotatable bonds is 4. The van der Waals surface area contributed by atoms with Crippen LogP contribution in [0.4, 0.5) is 17.3 Å². The lowest BCUT2D eigenvalue weighted by Gasteiger charge is -2.10. The molecule has 2 N–H and O–H groups in total. The number of methoxy groups -OCH3 is 1. The van der Waals surface area contributed by atoms with Crippen molar-refractivity contribution < 1.29 is 4.74 Å². The van der Waals surface area contributed by atoms with Crippen molar-refractivity contribution in [1.29, 1.82) is 0 Å². The standard InChI is InChI=1S/C13H14ClN3O/c1-15-12-4-3-5-13(17-12)16-11-8-9(18-2)6-7-10(11)14/h3-8H,1-2H3,(H2,15,16,17). The molecule has 2 aromatic rings. The molecule has 0 spiro atoms. The van der Waals surface area contributed by atoms with Crippen molar-refractivity contribution in [1.82, 2.24) is 4.98 Å². The summed E-state index contributed by atoms with van der Waals surface area (Å²) in [4.78, 5) is 4.36. The summed E-state index contributed by atoms with van der Waals surface area (Å²) in [6.07, 6.45) is 0. The summed E-state index contributed by atoms with van der Waals surface area (Å²) in [7, 11) is 3.44. The molecule has 0 aliphatic rings. The molecule has 0 aliphatic carbocycles. The number of ether oxygens (including phenoxy) is 1. The van der Waals surface area contributed by atoms with Crippen molar-refractivity contribution in [3.8, 4) is 5.75 Å². The molecular weight excluding hydrogens is 250 g/mol. The van der Waals surface area contributed by atoms with Crippen LogP contribution >= 0.6 is 11.6 Å². The summed E-state index contributed by atoms with van der Waals surface area (Å²) in [6, 6.07) is 11.1. The van der Waals surface area contributed by atoms with Gasteiger partial charge in [-0.1, -0.05) is 17.7 Å². The van der Waals surface area contributed by atoms with E-state index < -0.39 is 0 Å². The summed E-state index contributed by atoms with van der Waals surface area (Å²) in [5, 5.41) is 6.76. The van der Waals surface area contributed by atoms with Gasteiger partial charge in [-0.15, -0.1) is 0 Å². The van der Waals surface area contributed by atoms with Crippen molar-refractivity contribution in [2.75, 3.05) is 24.8 Å². The van der Waals surface area contributed by atoms with Gasteiger partial charge in [0.1, 0.15) is 17.4 Å². The average Bonchev–Trinajstić information content (AvgIpc) is 2.41. The minimum Gasteiger partial charge on any atom is -0.497 e. The first-order chi connectivity index (χ1) is 8.72. The van der Waals surface area contributed by atoms with E-state index >= 15 is 0 Å². The molecule has 0 saturated heterocycles. The Bertz CT molecular complexity index is 546. The molecule has 0 aliphatic heterocycles. The highest BCUT2D eigenvalue weighted by Crippen LogP contribution is 2.29. The molecule has 1 heterocycles. The van der Waals surface area contributed by atoms with Gasteiger partial charge in [-0.05, 0) is 24.3 Å². The summed E-state index contributed by atoms with van der Waals surface area (Å²) in [6.45, 7) is 0. The Labute approximate surface area is 111 Å². The maximum Gasteiger partial charge on any atom is 0.132 e. The van der Waals surface area contributed by atoms with E-state index in [-0.39, 0.29) is 0 Å². The zero-order valence-corrected chi connectivity index (χ0v) is 11.0. The Morgan fingerprint density at radius 1 is 1.17 bits per heavy atom. The molecule has 0 saturated carbocycles. The van der Waals surface area contributed by atoms with Crippen molar-refractivity contribution in [3.63, 3.8) is 0 Å². The third-order valence-corrected chi connectivity index (χ3v) is 2.77. The number of nitrogens with one attached hydrogen (secondary N) is 2. The Morgan fingerprint density at radius 2 is 1.94 bits per heavy atom. The van der Waals surface area contributed by atoms with E-state index in [1.165, 1.54) is 0 Å². The van der Waals surface area contributed by atoms with E-state index in [1.807, 2.05) is 37.4 Å². The van der Waals surface area contributed by atoms with Gasteiger partial charge in [-0.3, -0.25) is 0 Å². The third kappa shape index (κ3) is 2.84. The lowest BCUT2D eigenvalue weighted by atomic mass is 10.3. The molecule has 0 bridgehead atoms. The van der Waals surface area contributed by atoms with Gasteiger partial charge >= 0.3 is 0 Å². The number of anilines is 3. The topological polar surface area (TPSA) is 46.2 Å². The van der Waals surface area contributed by atoms with Crippen LogP contribution in [0.25, 0.3) is 0 Å². The van der Waals surface area contributed by atoms with Gasteiger partial charge in [0.25, 0.3) is 0 Å². The highest BCUT2D eigenvalue weighted by atomic mass is 35.5. The molecule has 4 nitrogen and oxygen atoms in total. The molecule has 5 heteroatoms. The first-order valence-corrected chi connectivity index (χ1v) is 5.86. The average molecular weight is 264 g/mol. The van der Waals surface area contributed by atoms with Crippen LogP contribution in [0.5, 0.6) is 5.75 Å². The second-order valence-electron chi connectivity index (χ2n) is 3.63. The molecule has 0 radical (unpaired) electrons. The van der Waals surface area contributed by atoms with Crippen LogP contribution in [0, 0.1) is 0 Å². The highest BCUT2D eigenvalue weighted by Gasteiger charge is 2.04. The number of hydrogen-bond donors (Lipinski definition) is 2. The Balaban J connectivity index is 2.27. The zero-order chi connectivity index (χ0) is 13.0. The van der Waals surface area contributed by atoms with Crippen molar-refractivity contribution >= 4 is 28.9 Å². The zero-order valence-electron chi connectivity index (χ0n) is 10.2. The van der Waals surface area contributed by atoms with E-state index in [1.54, 1.807) is 13.2 Å². The lowest BCUT2D eigenvalue weighted by molar-refractivity contribution is 0.415. The van der Waals surface area contributed by atoms with Crippen LogP contribution in [-0.4, -0.2) is 19.1 Å². The number of aromatic nitrogens is 1. The monoisotopic (exact) mass is 263 g/mol. The first-order valence-electron chi connectivity index (χ1n) is 5.48. The second kappa shape index (κ2) is 5.60. The van der Waals surface area contributed by atoms with Gasteiger partial charge in [0.2, 0.25) is 0 Å². The first kappa shape index (κ1) is 12.5. The fourth-order valence-electron chi connectivity index (χ4n) is 1.51. The molecule has 18 heavy (non-hydrogen) atoms. The smallest absolute Gasteiger partial charge is 0.132 e. The minimum absolute atomic E-state index is 0.618. The molecule has 0 unspecified atom stereocenters. The minimum atomic E-state index is 0.618. The quantitative estimate of drug-likeness (QED) is 0.886. The number of hydrogen-bond acceptors (Lipinski definition) is 4. The SMILES string of the molecule is CNc1cccc(Nc2cc(OC)ccc2Cl)n1. The molecule has 1 aromatic heterocycles. The molecule has 1 aromatic carbocycles. The van der Waals surface area contributed by atoms with E-state index in [9.17, 15) is 0 Å². The fraction of sp³-hybridized carbons (Fsp3) is 0.154. The van der Waals surface area contributed by atoms with Crippen LogP contribution in [-0.2, 0) is 0 Å². The van der Waals surface area contributed by atoms with Gasteiger partial charge in [0.05, 0.1) is 17.8 Å². The Morgan fingerprint density at radius 3 is 2.67 bits per heavy atom. The molecule has 0 fully saturated rings. The number of halogens is 1. The number of benzene rings is 1. The van der Waals surface area contributed by atoms with Crippen LogP contribution in [0.2, 0.25) is 5.02 Å². The van der Waals surface area contributed by atoms with Gasteiger partial charge in [0, 0.05) is 13.1 Å². The molecular formula is C13H14ClN3O. The van der Waals surface area contributed by atoms with Crippen molar-refractivity contribution in [2.45, 2.75) is 0 Å². The Kier molecular flexibility index (Phi) is 3.89. The molecule has 0 atom stereocenters. The molecule has 0 amide bonds. The normalized spacial score (nSPS) is 9.94. The van der Waals surface area contributed by atoms with E-state index in [0.29, 0.717) is 5.02 Å². The maximum absolute atomic E-state index is 6.12. The third-order valence-electron chi connectivity index (χ3n) is 2.44. The largest absolute Gasteiger partial charge is 0.497 e. The predicted octanol–water partition coefficient (Wildman–Crippen LogP) is 3.53. The Hall–Kier alpha value is -1.94. The summed E-state index contributed by atoms with van der Waals surface area (Å²) in [5.74, 6) is 2.25. The summed E-state index contributed by atoms with van der Waals surface area (Å²) < 4.78 is 5.16. The second-order valence-corrected chi connectivity index (χ2v) is 4.04. The van der Waals surface area contributed by atoms with Gasteiger partial charge in [0.15, 0.2) is 0 Å². The molecule has 2 rings (SSSR count). The van der Waals surface area contributed by atoms with E-state index in [0.717, 1.165) is 23.1 Å². The molecule has 94 valence electrons. The number of pyridine rings is 1. The van der Waals surface area contributed by atoms with Crippen LogP contribution in [0.15, 0.2) is 36.4 Å². The van der Waals surface area contributed by atoms with Crippen LogP contribution in [0.1, 0.15) is 0 Å². The lowest BCUT2D eigenvalue weighted by Crippen LogP contribution is -1.98. The van der Waals surface area contributed by atoms with Crippen LogP contribution in [0.3, 0.4) is 0 Å². The van der Waals surface area contributed by atoms with Gasteiger partial charge < -0.3 is 15.4 Å². The van der Waals surface area contributed by atoms with Crippen LogP contribution < -0.4 is 15.4 Å². The summed E-state index contributed by atoms with van der Waals surface area (Å²) >= 11 is 6.12. The van der Waals surface area contributed by atoms with E-state index in [2.05, 4.69) is 15.6 Å². The summed E-state index contributed by atoms with van der Waals surface area (Å²) in [5.41, 5.74) is 0.761. The van der Waals surface area contributed by atoms with E-state index in [4.69, 9.17) is 16.3 Å². The number of nitrogens with zero attached hydrogens (tertiary/aromatic N) is 1. The predicted molar refractivity (Wildman–Crippen MR) is 75.1 cm³/mol. The van der Waals surface area contributed by atoms with Gasteiger partial charge in [-0.25, -0.2) is 4.98 Å². The van der Waals surface area contributed by atoms with Crippen molar-refractivity contribution in [3.05, 3.63) is 41.4 Å². The fourth-order valence-corrected chi connectivity index (χ4v) is 1.67. The maximum atomic E-state index is 6.12. The van der Waals surface area contributed by atoms with Gasteiger partial charge in [-0.2, -0.15) is 0 Å². The highest BCUT2D eigenvalue weighted by molar-refractivity contribution is 6.33.